The predicted molar refractivity (Wildman–Crippen MR) is 62.0 cm³/mol. The molecule has 0 heterocycles. The molecular formula is C11H12ClNO4. The second-order valence-electron chi connectivity index (χ2n) is 3.38. The van der Waals surface area contributed by atoms with Crippen molar-refractivity contribution in [3.05, 3.63) is 34.9 Å². The van der Waals surface area contributed by atoms with E-state index in [9.17, 15) is 9.59 Å². The molecule has 1 aromatic carbocycles. The molecule has 6 heteroatoms. The molecule has 5 nitrogen and oxygen atoms in total. The van der Waals surface area contributed by atoms with Crippen molar-refractivity contribution >= 4 is 23.5 Å². The number of carboxylic acid groups (broad SMARTS) is 1. The number of rotatable bonds is 5. The molecule has 1 aromatic rings. The van der Waals surface area contributed by atoms with Gasteiger partial charge in [0.05, 0.1) is 0 Å². The molecule has 0 spiro atoms. The third-order valence-electron chi connectivity index (χ3n) is 2.13. The Bertz CT molecular complexity index is 404. The van der Waals surface area contributed by atoms with Crippen LogP contribution in [0.5, 0.6) is 0 Å². The van der Waals surface area contributed by atoms with Crippen molar-refractivity contribution < 1.29 is 19.8 Å². The molecule has 17 heavy (non-hydrogen) atoms. The summed E-state index contributed by atoms with van der Waals surface area (Å²) < 4.78 is 0. The Morgan fingerprint density at radius 2 is 1.88 bits per heavy atom. The second kappa shape index (κ2) is 6.22. The summed E-state index contributed by atoms with van der Waals surface area (Å²) in [7, 11) is 0. The van der Waals surface area contributed by atoms with Crippen LogP contribution in [-0.2, 0) is 4.79 Å². The van der Waals surface area contributed by atoms with E-state index in [1.807, 2.05) is 0 Å². The van der Waals surface area contributed by atoms with Gasteiger partial charge in [0.25, 0.3) is 5.91 Å². The summed E-state index contributed by atoms with van der Waals surface area (Å²) in [6.07, 6.45) is -0.0331. The van der Waals surface area contributed by atoms with Crippen molar-refractivity contribution in [3.63, 3.8) is 0 Å². The normalized spacial score (nSPS) is 11.9. The van der Waals surface area contributed by atoms with Crippen LogP contribution in [-0.4, -0.2) is 34.7 Å². The monoisotopic (exact) mass is 257 g/mol. The molecule has 0 saturated carbocycles. The zero-order valence-corrected chi connectivity index (χ0v) is 9.65. The number of hydrogen-bond acceptors (Lipinski definition) is 3. The van der Waals surface area contributed by atoms with Crippen LogP contribution in [0.15, 0.2) is 24.3 Å². The number of carbonyl (C=O) groups excluding carboxylic acids is 1. The van der Waals surface area contributed by atoms with Gasteiger partial charge in [0, 0.05) is 23.6 Å². The summed E-state index contributed by atoms with van der Waals surface area (Å²) in [6.45, 7) is -0.308. The quantitative estimate of drug-likeness (QED) is 0.732. The highest BCUT2D eigenvalue weighted by molar-refractivity contribution is 6.30. The molecule has 0 aromatic heterocycles. The Kier molecular flexibility index (Phi) is 4.93. The molecule has 1 rings (SSSR count). The fourth-order valence-electron chi connectivity index (χ4n) is 1.23. The van der Waals surface area contributed by atoms with Crippen LogP contribution in [0.1, 0.15) is 16.8 Å². The van der Waals surface area contributed by atoms with E-state index in [0.29, 0.717) is 10.6 Å². The topological polar surface area (TPSA) is 86.6 Å². The highest BCUT2D eigenvalue weighted by atomic mass is 35.5. The smallest absolute Gasteiger partial charge is 0.326 e. The molecule has 0 aliphatic rings. The molecule has 0 aliphatic carbocycles. The largest absolute Gasteiger partial charge is 0.480 e. The van der Waals surface area contributed by atoms with Gasteiger partial charge in [-0.1, -0.05) is 11.6 Å². The molecule has 0 saturated heterocycles. The minimum absolute atomic E-state index is 0.0331. The fourth-order valence-corrected chi connectivity index (χ4v) is 1.36. The summed E-state index contributed by atoms with van der Waals surface area (Å²) in [5, 5.41) is 20.3. The maximum Gasteiger partial charge on any atom is 0.326 e. The average molecular weight is 258 g/mol. The Morgan fingerprint density at radius 1 is 1.29 bits per heavy atom. The van der Waals surface area contributed by atoms with Crippen molar-refractivity contribution in [3.8, 4) is 0 Å². The van der Waals surface area contributed by atoms with E-state index >= 15 is 0 Å². The molecule has 0 unspecified atom stereocenters. The number of aliphatic hydroxyl groups is 1. The van der Waals surface area contributed by atoms with E-state index in [4.69, 9.17) is 21.8 Å². The lowest BCUT2D eigenvalue weighted by Gasteiger charge is -2.13. The van der Waals surface area contributed by atoms with Gasteiger partial charge in [0.2, 0.25) is 0 Å². The molecular weight excluding hydrogens is 246 g/mol. The minimum Gasteiger partial charge on any atom is -0.480 e. The van der Waals surface area contributed by atoms with Gasteiger partial charge >= 0.3 is 5.97 Å². The first-order valence-electron chi connectivity index (χ1n) is 4.94. The third kappa shape index (κ3) is 4.05. The average Bonchev–Trinajstić information content (AvgIpc) is 2.29. The molecule has 1 amide bonds. The van der Waals surface area contributed by atoms with Crippen LogP contribution >= 0.6 is 11.6 Å². The van der Waals surface area contributed by atoms with Gasteiger partial charge in [0.1, 0.15) is 6.04 Å². The summed E-state index contributed by atoms with van der Waals surface area (Å²) in [5.41, 5.74) is 0.318. The Morgan fingerprint density at radius 3 is 2.35 bits per heavy atom. The van der Waals surface area contributed by atoms with Gasteiger partial charge in [-0.25, -0.2) is 4.79 Å². The number of carboxylic acids is 1. The summed E-state index contributed by atoms with van der Waals surface area (Å²) in [6, 6.07) is 4.98. The molecule has 1 atom stereocenters. The van der Waals surface area contributed by atoms with Crippen LogP contribution in [0.2, 0.25) is 5.02 Å². The molecule has 92 valence electrons. The number of amides is 1. The van der Waals surface area contributed by atoms with E-state index in [1.165, 1.54) is 24.3 Å². The van der Waals surface area contributed by atoms with E-state index < -0.39 is 17.9 Å². The van der Waals surface area contributed by atoms with Crippen molar-refractivity contribution in [2.75, 3.05) is 6.61 Å². The van der Waals surface area contributed by atoms with Crippen LogP contribution in [0.3, 0.4) is 0 Å². The van der Waals surface area contributed by atoms with Crippen molar-refractivity contribution in [1.29, 1.82) is 0 Å². The number of carbonyl (C=O) groups is 2. The van der Waals surface area contributed by atoms with Gasteiger partial charge in [-0.3, -0.25) is 4.79 Å². The van der Waals surface area contributed by atoms with Crippen LogP contribution < -0.4 is 5.32 Å². The van der Waals surface area contributed by atoms with Gasteiger partial charge in [-0.05, 0) is 24.3 Å². The molecule has 0 bridgehead atoms. The van der Waals surface area contributed by atoms with Gasteiger partial charge in [-0.15, -0.1) is 0 Å². The Labute approximate surface area is 103 Å². The first-order valence-corrected chi connectivity index (χ1v) is 5.32. The van der Waals surface area contributed by atoms with E-state index in [2.05, 4.69) is 5.32 Å². The number of aliphatic carboxylic acids is 1. The zero-order chi connectivity index (χ0) is 12.8. The fraction of sp³-hybridized carbons (Fsp3) is 0.273. The molecule has 0 radical (unpaired) electrons. The Balaban J connectivity index is 2.70. The van der Waals surface area contributed by atoms with Gasteiger partial charge in [0.15, 0.2) is 0 Å². The highest BCUT2D eigenvalue weighted by Gasteiger charge is 2.19. The number of nitrogens with one attached hydrogen (secondary N) is 1. The first-order chi connectivity index (χ1) is 8.04. The standard InChI is InChI=1S/C11H12ClNO4/c12-8-3-1-7(2-4-8)10(15)13-9(5-6-14)11(16)17/h1-4,9,14H,5-6H2,(H,13,15)(H,16,17)/t9-/m1/s1. The predicted octanol–water partition coefficient (Wildman–Crippen LogP) is 0.905. The SMILES string of the molecule is O=C(N[C@H](CCO)C(=O)O)c1ccc(Cl)cc1. The van der Waals surface area contributed by atoms with E-state index in [-0.39, 0.29) is 13.0 Å². The van der Waals surface area contributed by atoms with Crippen molar-refractivity contribution in [1.82, 2.24) is 5.32 Å². The second-order valence-corrected chi connectivity index (χ2v) is 3.82. The lowest BCUT2D eigenvalue weighted by atomic mass is 10.1. The first kappa shape index (κ1) is 13.5. The Hall–Kier alpha value is -1.59. The number of benzene rings is 1. The number of aliphatic hydroxyl groups excluding tert-OH is 1. The van der Waals surface area contributed by atoms with E-state index in [0.717, 1.165) is 0 Å². The lowest BCUT2D eigenvalue weighted by Crippen LogP contribution is -2.41. The maximum absolute atomic E-state index is 11.6. The maximum atomic E-state index is 11.6. The van der Waals surface area contributed by atoms with Crippen LogP contribution in [0.25, 0.3) is 0 Å². The van der Waals surface area contributed by atoms with Crippen LogP contribution in [0.4, 0.5) is 0 Å². The molecule has 0 fully saturated rings. The van der Waals surface area contributed by atoms with E-state index in [1.54, 1.807) is 0 Å². The number of halogens is 1. The third-order valence-corrected chi connectivity index (χ3v) is 2.38. The summed E-state index contributed by atoms with van der Waals surface area (Å²) in [4.78, 5) is 22.4. The molecule has 3 N–H and O–H groups in total. The number of hydrogen-bond donors (Lipinski definition) is 3. The van der Waals surface area contributed by atoms with Crippen LogP contribution in [0, 0.1) is 0 Å². The highest BCUT2D eigenvalue weighted by Crippen LogP contribution is 2.09. The van der Waals surface area contributed by atoms with Gasteiger partial charge < -0.3 is 15.5 Å². The lowest BCUT2D eigenvalue weighted by molar-refractivity contribution is -0.139. The van der Waals surface area contributed by atoms with Crippen molar-refractivity contribution in [2.24, 2.45) is 0 Å². The summed E-state index contributed by atoms with van der Waals surface area (Å²) in [5.74, 6) is -1.69. The summed E-state index contributed by atoms with van der Waals surface area (Å²) >= 11 is 5.66. The minimum atomic E-state index is -1.18. The zero-order valence-electron chi connectivity index (χ0n) is 8.89. The van der Waals surface area contributed by atoms with Crippen molar-refractivity contribution in [2.45, 2.75) is 12.5 Å². The molecule has 0 aliphatic heterocycles. The van der Waals surface area contributed by atoms with Gasteiger partial charge in [-0.2, -0.15) is 0 Å².